The van der Waals surface area contributed by atoms with Gasteiger partial charge in [0.15, 0.2) is 6.67 Å². The van der Waals surface area contributed by atoms with Crippen LogP contribution in [0.4, 0.5) is 0 Å². The Morgan fingerprint density at radius 2 is 1.25 bits per heavy atom. The van der Waals surface area contributed by atoms with Crippen LogP contribution in [0.5, 0.6) is 0 Å². The van der Waals surface area contributed by atoms with Gasteiger partial charge in [0.2, 0.25) is 0 Å². The molecule has 3 amide bonds. The van der Waals surface area contributed by atoms with Crippen LogP contribution in [0.1, 0.15) is 20.8 Å². The summed E-state index contributed by atoms with van der Waals surface area (Å²) < 4.78 is -0.903. The number of carbonyl (C=O) groups is 3. The van der Waals surface area contributed by atoms with Gasteiger partial charge < -0.3 is 0 Å². The highest BCUT2D eigenvalue weighted by Gasteiger charge is 2.43. The summed E-state index contributed by atoms with van der Waals surface area (Å²) in [4.78, 5) is 33.1. The highest BCUT2D eigenvalue weighted by molar-refractivity contribution is 5.95. The third-order valence-electron chi connectivity index (χ3n) is 1.89. The highest BCUT2D eigenvalue weighted by atomic mass is 16.2. The molecule has 0 fully saturated rings. The lowest BCUT2D eigenvalue weighted by Gasteiger charge is -2.24. The van der Waals surface area contributed by atoms with Crippen LogP contribution in [0.15, 0.2) is 0 Å². The Bertz CT molecular complexity index is 199. The molecule has 0 aromatic carbocycles. The van der Waals surface area contributed by atoms with Crippen LogP contribution in [0.2, 0.25) is 0 Å². The van der Waals surface area contributed by atoms with Crippen molar-refractivity contribution >= 4 is 17.7 Å². The van der Waals surface area contributed by atoms with E-state index in [1.165, 1.54) is 20.8 Å². The van der Waals surface area contributed by atoms with Gasteiger partial charge in [0.05, 0.1) is 20.8 Å². The number of quaternary nitrogens is 1. The molecule has 0 heterocycles. The van der Waals surface area contributed by atoms with E-state index in [1.807, 2.05) is 0 Å². The zero-order valence-electron chi connectivity index (χ0n) is 7.46. The molecule has 0 aliphatic carbocycles. The van der Waals surface area contributed by atoms with E-state index < -0.39 is 22.2 Å². The van der Waals surface area contributed by atoms with Crippen molar-refractivity contribution in [3.63, 3.8) is 0 Å². The first-order chi connectivity index (χ1) is 5.39. The summed E-state index contributed by atoms with van der Waals surface area (Å²) in [5.74, 6) is -1.63. The Morgan fingerprint density at radius 3 is 1.25 bits per heavy atom. The maximum atomic E-state index is 11.0. The molecule has 0 spiro atoms. The van der Waals surface area contributed by atoms with Crippen molar-refractivity contribution in [2.45, 2.75) is 20.8 Å². The van der Waals surface area contributed by atoms with Gasteiger partial charge in [-0.2, -0.15) is 0 Å². The van der Waals surface area contributed by atoms with E-state index >= 15 is 0 Å². The van der Waals surface area contributed by atoms with Crippen LogP contribution in [-0.2, 0) is 14.4 Å². The van der Waals surface area contributed by atoms with E-state index in [9.17, 15) is 14.4 Å². The third kappa shape index (κ3) is 1.41. The first-order valence-corrected chi connectivity index (χ1v) is 3.51. The summed E-state index contributed by atoms with van der Waals surface area (Å²) >= 11 is 0. The molecule has 68 valence electrons. The second-order valence-corrected chi connectivity index (χ2v) is 2.55. The number of hydrogen-bond donors (Lipinski definition) is 1. The zero-order chi connectivity index (χ0) is 9.94. The predicted molar refractivity (Wildman–Crippen MR) is 41.4 cm³/mol. The molecule has 5 heteroatoms. The van der Waals surface area contributed by atoms with Crippen LogP contribution in [0.25, 0.3) is 0 Å². The summed E-state index contributed by atoms with van der Waals surface area (Å²) in [5.41, 5.74) is 5.22. The summed E-state index contributed by atoms with van der Waals surface area (Å²) in [6.45, 7) is 3.22. The molecular weight excluding hydrogens is 160 g/mol. The van der Waals surface area contributed by atoms with Crippen molar-refractivity contribution in [3.8, 4) is 0 Å². The molecule has 0 radical (unpaired) electrons. The summed E-state index contributed by atoms with van der Waals surface area (Å²) in [6, 6.07) is 0. The van der Waals surface area contributed by atoms with Gasteiger partial charge >= 0.3 is 17.7 Å². The number of imide groups is 3. The van der Waals surface area contributed by atoms with Crippen molar-refractivity contribution in [2.75, 3.05) is 6.67 Å². The fourth-order valence-corrected chi connectivity index (χ4v) is 1.05. The Labute approximate surface area is 70.7 Å². The van der Waals surface area contributed by atoms with E-state index in [2.05, 4.69) is 0 Å². The molecule has 0 bridgehead atoms. The minimum absolute atomic E-state index is 0.306. The molecule has 0 saturated heterocycles. The maximum Gasteiger partial charge on any atom is 0.326 e. The van der Waals surface area contributed by atoms with Gasteiger partial charge in [-0.05, 0) is 0 Å². The van der Waals surface area contributed by atoms with E-state index in [0.717, 1.165) is 0 Å². The maximum absolute atomic E-state index is 11.0. The molecule has 0 aromatic rings. The smallest absolute Gasteiger partial charge is 0.283 e. The van der Waals surface area contributed by atoms with Crippen molar-refractivity contribution in [2.24, 2.45) is 5.73 Å². The van der Waals surface area contributed by atoms with Crippen molar-refractivity contribution < 1.29 is 18.9 Å². The van der Waals surface area contributed by atoms with Crippen molar-refractivity contribution in [1.29, 1.82) is 0 Å². The highest BCUT2D eigenvalue weighted by Crippen LogP contribution is 2.07. The van der Waals surface area contributed by atoms with Crippen molar-refractivity contribution in [3.05, 3.63) is 0 Å². The molecule has 0 aliphatic heterocycles. The van der Waals surface area contributed by atoms with E-state index in [-0.39, 0.29) is 6.67 Å². The standard InChI is InChI=1S/C7H13N2O3/c1-5(10)9(4-8,6(2)11)7(3)12/h4,8H2,1-3H3/q+1. The molecule has 12 heavy (non-hydrogen) atoms. The minimum Gasteiger partial charge on any atom is -0.283 e. The lowest BCUT2D eigenvalue weighted by molar-refractivity contribution is -0.700. The average Bonchev–Trinajstić information content (AvgIpc) is 1.86. The Kier molecular flexibility index (Phi) is 3.24. The largest absolute Gasteiger partial charge is 0.326 e. The topological polar surface area (TPSA) is 77.2 Å². The summed E-state index contributed by atoms with van der Waals surface area (Å²) in [6.07, 6.45) is 0. The Balaban J connectivity index is 5.19. The number of hydrogen-bond acceptors (Lipinski definition) is 4. The van der Waals surface area contributed by atoms with Gasteiger partial charge in [-0.1, -0.05) is 0 Å². The fraction of sp³-hybridized carbons (Fsp3) is 0.571. The molecule has 0 rings (SSSR count). The average molecular weight is 173 g/mol. The van der Waals surface area contributed by atoms with Crippen LogP contribution < -0.4 is 5.73 Å². The monoisotopic (exact) mass is 173 g/mol. The van der Waals surface area contributed by atoms with Gasteiger partial charge in [0.25, 0.3) is 0 Å². The normalized spacial score (nSPS) is 11.0. The van der Waals surface area contributed by atoms with Gasteiger partial charge in [-0.15, -0.1) is 4.48 Å². The molecule has 5 nitrogen and oxygen atoms in total. The number of rotatable bonds is 1. The zero-order valence-corrected chi connectivity index (χ0v) is 7.46. The van der Waals surface area contributed by atoms with Gasteiger partial charge in [-0.25, -0.2) is 14.4 Å². The first kappa shape index (κ1) is 10.9. The SMILES string of the molecule is CC(=O)[N+](CN)(C(C)=O)C(C)=O. The molecule has 2 N–H and O–H groups in total. The molecular formula is C7H13N2O3+. The second kappa shape index (κ2) is 3.55. The number of nitrogens with zero attached hydrogens (tertiary/aromatic N) is 1. The van der Waals surface area contributed by atoms with Crippen LogP contribution in [-0.4, -0.2) is 28.9 Å². The summed E-state index contributed by atoms with van der Waals surface area (Å²) in [7, 11) is 0. The Morgan fingerprint density at radius 1 is 1.00 bits per heavy atom. The molecule has 0 atom stereocenters. The lowest BCUT2D eigenvalue weighted by Crippen LogP contribution is -2.61. The van der Waals surface area contributed by atoms with Crippen molar-refractivity contribution in [1.82, 2.24) is 0 Å². The lowest BCUT2D eigenvalue weighted by atomic mass is 10.3. The van der Waals surface area contributed by atoms with E-state index in [4.69, 9.17) is 5.73 Å². The second-order valence-electron chi connectivity index (χ2n) is 2.55. The third-order valence-corrected chi connectivity index (χ3v) is 1.89. The summed E-state index contributed by atoms with van der Waals surface area (Å²) in [5, 5.41) is 0. The molecule has 0 aromatic heterocycles. The molecule has 0 unspecified atom stereocenters. The first-order valence-electron chi connectivity index (χ1n) is 3.51. The van der Waals surface area contributed by atoms with Gasteiger partial charge in [-0.3, -0.25) is 5.73 Å². The van der Waals surface area contributed by atoms with E-state index in [1.54, 1.807) is 0 Å². The molecule has 0 saturated carbocycles. The van der Waals surface area contributed by atoms with Gasteiger partial charge in [0.1, 0.15) is 0 Å². The van der Waals surface area contributed by atoms with Crippen LogP contribution in [0.3, 0.4) is 0 Å². The van der Waals surface area contributed by atoms with Gasteiger partial charge in [0, 0.05) is 0 Å². The quantitative estimate of drug-likeness (QED) is 0.422. The fourth-order valence-electron chi connectivity index (χ4n) is 1.05. The predicted octanol–water partition coefficient (Wildman–Crippen LogP) is -0.641. The van der Waals surface area contributed by atoms with Crippen LogP contribution >= 0.6 is 0 Å². The van der Waals surface area contributed by atoms with Crippen LogP contribution in [0, 0.1) is 0 Å². The number of carbonyl (C=O) groups excluding carboxylic acids is 3. The van der Waals surface area contributed by atoms with E-state index in [0.29, 0.717) is 0 Å². The Hall–Kier alpha value is -1.07. The minimum atomic E-state index is -0.903. The molecule has 0 aliphatic rings. The number of nitrogens with two attached hydrogens (primary N) is 1. The number of amides is 3.